The summed E-state index contributed by atoms with van der Waals surface area (Å²) in [5.41, 5.74) is 0. The van der Waals surface area contributed by atoms with Crippen LogP contribution >= 0.6 is 0 Å². The van der Waals surface area contributed by atoms with E-state index in [0.717, 1.165) is 38.5 Å². The van der Waals surface area contributed by atoms with E-state index in [2.05, 4.69) is 30.5 Å². The average molecular weight is 486 g/mol. The van der Waals surface area contributed by atoms with Gasteiger partial charge in [-0.25, -0.2) is 0 Å². The normalized spacial score (nSPS) is 14.4. The summed E-state index contributed by atoms with van der Waals surface area (Å²) < 4.78 is 31.9. The van der Waals surface area contributed by atoms with E-state index in [1.54, 1.807) is 6.08 Å². The maximum absolute atomic E-state index is 12.2. The SMILES string of the molecule is C/C=C/CC/C=C/CC/C=C/C(O)C(CS(=O)(=O)O)NC(=O)CCCCCCCCCCC. The molecule has 0 heterocycles. The molecule has 6 nitrogen and oxygen atoms in total. The van der Waals surface area contributed by atoms with Gasteiger partial charge >= 0.3 is 0 Å². The molecule has 0 spiro atoms. The Hall–Kier alpha value is -1.44. The van der Waals surface area contributed by atoms with Gasteiger partial charge < -0.3 is 10.4 Å². The topological polar surface area (TPSA) is 104 Å². The summed E-state index contributed by atoms with van der Waals surface area (Å²) in [5.74, 6) is -1.02. The van der Waals surface area contributed by atoms with Crippen LogP contribution in [0, 0.1) is 0 Å². The van der Waals surface area contributed by atoms with Gasteiger partial charge in [-0.1, -0.05) is 94.7 Å². The first-order valence-electron chi connectivity index (χ1n) is 12.7. The minimum absolute atomic E-state index is 0.284. The number of hydrogen-bond donors (Lipinski definition) is 3. The molecule has 0 radical (unpaired) electrons. The van der Waals surface area contributed by atoms with Crippen LogP contribution < -0.4 is 5.32 Å². The van der Waals surface area contributed by atoms with Crippen LogP contribution in [0.4, 0.5) is 0 Å². The van der Waals surface area contributed by atoms with Gasteiger partial charge in [0.1, 0.15) is 0 Å². The highest BCUT2D eigenvalue weighted by Gasteiger charge is 2.24. The number of hydrogen-bond acceptors (Lipinski definition) is 4. The van der Waals surface area contributed by atoms with Gasteiger partial charge in [-0.2, -0.15) is 8.42 Å². The third kappa shape index (κ3) is 22.1. The third-order valence-electron chi connectivity index (χ3n) is 5.39. The summed E-state index contributed by atoms with van der Waals surface area (Å²) >= 11 is 0. The summed E-state index contributed by atoms with van der Waals surface area (Å²) in [7, 11) is -4.33. The van der Waals surface area contributed by atoms with E-state index in [4.69, 9.17) is 0 Å². The van der Waals surface area contributed by atoms with Crippen molar-refractivity contribution in [3.63, 3.8) is 0 Å². The Morgan fingerprint density at radius 1 is 0.848 bits per heavy atom. The number of aliphatic hydroxyl groups excluding tert-OH is 1. The molecule has 7 heteroatoms. The van der Waals surface area contributed by atoms with Crippen LogP contribution in [0.2, 0.25) is 0 Å². The van der Waals surface area contributed by atoms with Crippen molar-refractivity contribution in [3.8, 4) is 0 Å². The lowest BCUT2D eigenvalue weighted by atomic mass is 10.1. The minimum Gasteiger partial charge on any atom is -0.387 e. The molecule has 0 aliphatic carbocycles. The first kappa shape index (κ1) is 31.6. The second kappa shape index (κ2) is 21.1. The predicted octanol–water partition coefficient (Wildman–Crippen LogP) is 5.89. The Bertz CT molecular complexity index is 670. The molecule has 0 aromatic heterocycles. The van der Waals surface area contributed by atoms with Gasteiger partial charge in [-0.05, 0) is 39.0 Å². The number of unbranched alkanes of at least 4 members (excludes halogenated alkanes) is 10. The van der Waals surface area contributed by atoms with Crippen molar-refractivity contribution in [2.24, 2.45) is 0 Å². The highest BCUT2D eigenvalue weighted by Crippen LogP contribution is 2.11. The number of carbonyl (C=O) groups is 1. The molecular weight excluding hydrogens is 438 g/mol. The van der Waals surface area contributed by atoms with Gasteiger partial charge in [0.05, 0.1) is 17.9 Å². The van der Waals surface area contributed by atoms with Gasteiger partial charge in [0.2, 0.25) is 5.91 Å². The van der Waals surface area contributed by atoms with E-state index in [-0.39, 0.29) is 12.3 Å². The minimum atomic E-state index is -4.33. The molecule has 0 aromatic carbocycles. The molecule has 0 fully saturated rings. The van der Waals surface area contributed by atoms with Crippen LogP contribution in [-0.2, 0) is 14.9 Å². The number of nitrogens with one attached hydrogen (secondary N) is 1. The fourth-order valence-corrected chi connectivity index (χ4v) is 4.22. The zero-order valence-corrected chi connectivity index (χ0v) is 21.6. The summed E-state index contributed by atoms with van der Waals surface area (Å²) in [5, 5.41) is 12.9. The van der Waals surface area contributed by atoms with Gasteiger partial charge in [0.25, 0.3) is 10.1 Å². The molecule has 0 saturated carbocycles. The highest BCUT2D eigenvalue weighted by molar-refractivity contribution is 7.85. The van der Waals surface area contributed by atoms with Crippen molar-refractivity contribution in [2.45, 2.75) is 116 Å². The molecule has 1 amide bonds. The van der Waals surface area contributed by atoms with Crippen molar-refractivity contribution in [1.82, 2.24) is 5.32 Å². The highest BCUT2D eigenvalue weighted by atomic mass is 32.2. The van der Waals surface area contributed by atoms with Crippen LogP contribution in [0.25, 0.3) is 0 Å². The van der Waals surface area contributed by atoms with Crippen LogP contribution in [0.5, 0.6) is 0 Å². The molecule has 0 aromatic rings. The van der Waals surface area contributed by atoms with Crippen molar-refractivity contribution < 1.29 is 22.9 Å². The average Bonchev–Trinajstić information content (AvgIpc) is 2.75. The van der Waals surface area contributed by atoms with Gasteiger partial charge in [-0.3, -0.25) is 9.35 Å². The molecule has 0 saturated heterocycles. The lowest BCUT2D eigenvalue weighted by Gasteiger charge is -2.21. The first-order chi connectivity index (χ1) is 15.8. The molecule has 3 N–H and O–H groups in total. The molecule has 0 bridgehead atoms. The monoisotopic (exact) mass is 485 g/mol. The smallest absolute Gasteiger partial charge is 0.267 e. The molecule has 0 aliphatic rings. The zero-order valence-electron chi connectivity index (χ0n) is 20.8. The summed E-state index contributed by atoms with van der Waals surface area (Å²) in [6, 6.07) is -1.07. The number of aliphatic hydroxyl groups is 1. The quantitative estimate of drug-likeness (QED) is 0.107. The Kier molecular flexibility index (Phi) is 20.2. The first-order valence-corrected chi connectivity index (χ1v) is 14.3. The van der Waals surface area contributed by atoms with E-state index in [0.29, 0.717) is 6.42 Å². The fraction of sp³-hybridized carbons (Fsp3) is 0.731. The molecule has 2 atom stereocenters. The van der Waals surface area contributed by atoms with E-state index in [1.807, 2.05) is 13.0 Å². The van der Waals surface area contributed by atoms with E-state index < -0.39 is 28.0 Å². The second-order valence-electron chi connectivity index (χ2n) is 8.61. The third-order valence-corrected chi connectivity index (χ3v) is 6.17. The van der Waals surface area contributed by atoms with Crippen LogP contribution in [0.1, 0.15) is 104 Å². The molecule has 0 rings (SSSR count). The lowest BCUT2D eigenvalue weighted by Crippen LogP contribution is -2.46. The standard InChI is InChI=1S/C26H47NO5S/c1-3-5-7-9-11-13-15-17-19-21-25(28)24(23-33(30,31)32)27-26(29)22-20-18-16-14-12-10-8-6-4-2/h3,5,11,13,19,21,24-25,28H,4,6-10,12,14-18,20,22-23H2,1-2H3,(H,27,29)(H,30,31,32)/b5-3+,13-11+,21-19+. The predicted molar refractivity (Wildman–Crippen MR) is 138 cm³/mol. The Morgan fingerprint density at radius 3 is 1.91 bits per heavy atom. The Balaban J connectivity index is 4.30. The number of rotatable bonds is 21. The lowest BCUT2D eigenvalue weighted by molar-refractivity contribution is -0.122. The van der Waals surface area contributed by atoms with Gasteiger partial charge in [-0.15, -0.1) is 0 Å². The summed E-state index contributed by atoms with van der Waals surface area (Å²) in [6.07, 6.45) is 24.4. The molecular formula is C26H47NO5S. The van der Waals surface area contributed by atoms with Crippen molar-refractivity contribution in [1.29, 1.82) is 0 Å². The van der Waals surface area contributed by atoms with Crippen LogP contribution in [0.15, 0.2) is 36.5 Å². The number of carbonyl (C=O) groups excluding carboxylic acids is 1. The largest absolute Gasteiger partial charge is 0.387 e. The Labute approximate surface area is 202 Å². The molecule has 2 unspecified atom stereocenters. The van der Waals surface area contributed by atoms with Crippen molar-refractivity contribution in [3.05, 3.63) is 36.5 Å². The van der Waals surface area contributed by atoms with Gasteiger partial charge in [0, 0.05) is 6.42 Å². The molecule has 0 aliphatic heterocycles. The molecule has 192 valence electrons. The second-order valence-corrected chi connectivity index (χ2v) is 10.1. The van der Waals surface area contributed by atoms with Crippen LogP contribution in [0.3, 0.4) is 0 Å². The molecule has 33 heavy (non-hydrogen) atoms. The van der Waals surface area contributed by atoms with Crippen molar-refractivity contribution in [2.75, 3.05) is 5.75 Å². The van der Waals surface area contributed by atoms with E-state index in [1.165, 1.54) is 44.6 Å². The summed E-state index contributed by atoms with van der Waals surface area (Å²) in [4.78, 5) is 12.2. The zero-order chi connectivity index (χ0) is 24.8. The van der Waals surface area contributed by atoms with E-state index >= 15 is 0 Å². The maximum atomic E-state index is 12.2. The Morgan fingerprint density at radius 2 is 1.36 bits per heavy atom. The van der Waals surface area contributed by atoms with Crippen molar-refractivity contribution >= 4 is 16.0 Å². The summed E-state index contributed by atoms with van der Waals surface area (Å²) in [6.45, 7) is 4.20. The van der Waals surface area contributed by atoms with Gasteiger partial charge in [0.15, 0.2) is 0 Å². The fourth-order valence-electron chi connectivity index (χ4n) is 3.48. The van der Waals surface area contributed by atoms with Crippen LogP contribution in [-0.4, -0.2) is 41.9 Å². The number of allylic oxidation sites excluding steroid dienone is 5. The van der Waals surface area contributed by atoms with E-state index in [9.17, 15) is 22.9 Å². The number of amides is 1. The maximum Gasteiger partial charge on any atom is 0.267 e.